The highest BCUT2D eigenvalue weighted by Gasteiger charge is 2.14. The zero-order valence-corrected chi connectivity index (χ0v) is 13.6. The predicted octanol–water partition coefficient (Wildman–Crippen LogP) is 2.15. The van der Waals surface area contributed by atoms with Crippen LogP contribution in [0.3, 0.4) is 0 Å². The Bertz CT molecular complexity index is 804. The standard InChI is InChI=1S/C16H17FN2O3S/c1-19(23(2,21)22)15-5-3-4-13(10-15)16(20)18-11-12-6-8-14(17)9-7-12/h3-10H,11H2,1-2H3,(H,18,20). The number of rotatable bonds is 5. The molecule has 2 aromatic rings. The Kier molecular flexibility index (Phi) is 5.00. The van der Waals surface area contributed by atoms with Crippen molar-refractivity contribution in [1.29, 1.82) is 0 Å². The van der Waals surface area contributed by atoms with Crippen molar-refractivity contribution >= 4 is 21.6 Å². The van der Waals surface area contributed by atoms with E-state index in [0.29, 0.717) is 11.3 Å². The summed E-state index contributed by atoms with van der Waals surface area (Å²) in [5, 5.41) is 2.71. The zero-order valence-electron chi connectivity index (χ0n) is 12.8. The van der Waals surface area contributed by atoms with E-state index in [9.17, 15) is 17.6 Å². The van der Waals surface area contributed by atoms with Gasteiger partial charge in [0.15, 0.2) is 0 Å². The molecule has 0 heterocycles. The van der Waals surface area contributed by atoms with Crippen LogP contribution in [-0.2, 0) is 16.6 Å². The van der Waals surface area contributed by atoms with E-state index in [0.717, 1.165) is 16.1 Å². The Morgan fingerprint density at radius 3 is 2.43 bits per heavy atom. The first-order valence-electron chi connectivity index (χ1n) is 6.84. The van der Waals surface area contributed by atoms with Gasteiger partial charge in [-0.25, -0.2) is 12.8 Å². The van der Waals surface area contributed by atoms with E-state index in [1.807, 2.05) is 0 Å². The third kappa shape index (κ3) is 4.53. The predicted molar refractivity (Wildman–Crippen MR) is 87.3 cm³/mol. The number of nitrogens with one attached hydrogen (secondary N) is 1. The van der Waals surface area contributed by atoms with Gasteiger partial charge in [-0.1, -0.05) is 18.2 Å². The molecule has 1 N–H and O–H groups in total. The number of carbonyl (C=O) groups excluding carboxylic acids is 1. The van der Waals surface area contributed by atoms with Crippen LogP contribution in [0.25, 0.3) is 0 Å². The second kappa shape index (κ2) is 6.78. The number of amides is 1. The van der Waals surface area contributed by atoms with E-state index in [1.165, 1.54) is 25.2 Å². The van der Waals surface area contributed by atoms with Gasteiger partial charge >= 0.3 is 0 Å². The SMILES string of the molecule is CN(c1cccc(C(=O)NCc2ccc(F)cc2)c1)S(C)(=O)=O. The number of sulfonamides is 1. The number of nitrogens with zero attached hydrogens (tertiary/aromatic N) is 1. The molecule has 0 bridgehead atoms. The summed E-state index contributed by atoms with van der Waals surface area (Å²) in [6, 6.07) is 12.1. The topological polar surface area (TPSA) is 66.5 Å². The summed E-state index contributed by atoms with van der Waals surface area (Å²) >= 11 is 0. The maximum absolute atomic E-state index is 12.8. The summed E-state index contributed by atoms with van der Waals surface area (Å²) < 4.78 is 37.0. The number of benzene rings is 2. The molecular formula is C16H17FN2O3S. The summed E-state index contributed by atoms with van der Waals surface area (Å²) in [4.78, 5) is 12.2. The van der Waals surface area contributed by atoms with Crippen molar-refractivity contribution in [3.05, 3.63) is 65.5 Å². The third-order valence-corrected chi connectivity index (χ3v) is 4.54. The van der Waals surface area contributed by atoms with Gasteiger partial charge in [-0.3, -0.25) is 9.10 Å². The van der Waals surface area contributed by atoms with Crippen molar-refractivity contribution < 1.29 is 17.6 Å². The van der Waals surface area contributed by atoms with Gasteiger partial charge in [0.1, 0.15) is 5.82 Å². The highest BCUT2D eigenvalue weighted by molar-refractivity contribution is 7.92. The molecule has 7 heteroatoms. The van der Waals surface area contributed by atoms with Gasteiger partial charge in [0.25, 0.3) is 5.91 Å². The van der Waals surface area contributed by atoms with Gasteiger partial charge in [-0.15, -0.1) is 0 Å². The average Bonchev–Trinajstić information content (AvgIpc) is 2.52. The molecule has 0 aliphatic carbocycles. The Labute approximate surface area is 134 Å². The Morgan fingerprint density at radius 1 is 1.17 bits per heavy atom. The number of halogens is 1. The molecule has 0 aromatic heterocycles. The molecule has 2 rings (SSSR count). The maximum atomic E-state index is 12.8. The highest BCUT2D eigenvalue weighted by atomic mass is 32.2. The Morgan fingerprint density at radius 2 is 1.83 bits per heavy atom. The molecular weight excluding hydrogens is 319 g/mol. The lowest BCUT2D eigenvalue weighted by Crippen LogP contribution is -2.26. The molecule has 0 fully saturated rings. The quantitative estimate of drug-likeness (QED) is 0.910. The van der Waals surface area contributed by atoms with Crippen LogP contribution in [0.5, 0.6) is 0 Å². The number of carbonyl (C=O) groups is 1. The first kappa shape index (κ1) is 17.0. The van der Waals surface area contributed by atoms with Crippen LogP contribution in [0.2, 0.25) is 0 Å². The number of hydrogen-bond acceptors (Lipinski definition) is 3. The van der Waals surface area contributed by atoms with Crippen LogP contribution >= 0.6 is 0 Å². The Balaban J connectivity index is 2.09. The van der Waals surface area contributed by atoms with E-state index in [1.54, 1.807) is 30.3 Å². The summed E-state index contributed by atoms with van der Waals surface area (Å²) in [6.45, 7) is 0.255. The fourth-order valence-corrected chi connectivity index (χ4v) is 2.42. The van der Waals surface area contributed by atoms with Crippen LogP contribution < -0.4 is 9.62 Å². The van der Waals surface area contributed by atoms with Gasteiger partial charge in [0, 0.05) is 19.2 Å². The van der Waals surface area contributed by atoms with Gasteiger partial charge in [0.05, 0.1) is 11.9 Å². The molecule has 0 spiro atoms. The smallest absolute Gasteiger partial charge is 0.251 e. The molecule has 122 valence electrons. The minimum absolute atomic E-state index is 0.255. The van der Waals surface area contributed by atoms with Crippen molar-refractivity contribution in [2.75, 3.05) is 17.6 Å². The molecule has 0 saturated heterocycles. The largest absolute Gasteiger partial charge is 0.348 e. The molecule has 0 unspecified atom stereocenters. The molecule has 1 amide bonds. The molecule has 0 radical (unpaired) electrons. The highest BCUT2D eigenvalue weighted by Crippen LogP contribution is 2.17. The summed E-state index contributed by atoms with van der Waals surface area (Å²) in [7, 11) is -1.97. The normalized spacial score (nSPS) is 11.1. The van der Waals surface area contributed by atoms with Crippen LogP contribution in [-0.4, -0.2) is 27.6 Å². The zero-order chi connectivity index (χ0) is 17.0. The fourth-order valence-electron chi connectivity index (χ4n) is 1.92. The van der Waals surface area contributed by atoms with Gasteiger partial charge < -0.3 is 5.32 Å². The van der Waals surface area contributed by atoms with Crippen LogP contribution in [0.15, 0.2) is 48.5 Å². The maximum Gasteiger partial charge on any atom is 0.251 e. The summed E-state index contributed by atoms with van der Waals surface area (Å²) in [6.07, 6.45) is 1.09. The number of anilines is 1. The molecule has 2 aromatic carbocycles. The molecule has 0 aliphatic heterocycles. The van der Waals surface area contributed by atoms with Crippen molar-refractivity contribution in [2.45, 2.75) is 6.54 Å². The first-order chi connectivity index (χ1) is 10.8. The van der Waals surface area contributed by atoms with Crippen LogP contribution in [0.4, 0.5) is 10.1 Å². The van der Waals surface area contributed by atoms with Crippen molar-refractivity contribution in [3.8, 4) is 0 Å². The third-order valence-electron chi connectivity index (χ3n) is 3.34. The lowest BCUT2D eigenvalue weighted by molar-refractivity contribution is 0.0951. The summed E-state index contributed by atoms with van der Waals surface area (Å²) in [5.41, 5.74) is 1.52. The van der Waals surface area contributed by atoms with Crippen LogP contribution in [0.1, 0.15) is 15.9 Å². The molecule has 0 saturated carbocycles. The molecule has 5 nitrogen and oxygen atoms in total. The van der Waals surface area contributed by atoms with Crippen molar-refractivity contribution in [2.24, 2.45) is 0 Å². The van der Waals surface area contributed by atoms with Crippen molar-refractivity contribution in [3.63, 3.8) is 0 Å². The van der Waals surface area contributed by atoms with E-state index >= 15 is 0 Å². The first-order valence-corrected chi connectivity index (χ1v) is 8.69. The van der Waals surface area contributed by atoms with E-state index < -0.39 is 10.0 Å². The minimum Gasteiger partial charge on any atom is -0.348 e. The van der Waals surface area contributed by atoms with Gasteiger partial charge in [-0.2, -0.15) is 0 Å². The minimum atomic E-state index is -3.39. The number of hydrogen-bond donors (Lipinski definition) is 1. The van der Waals surface area contributed by atoms with E-state index in [4.69, 9.17) is 0 Å². The second-order valence-corrected chi connectivity index (χ2v) is 7.10. The van der Waals surface area contributed by atoms with Crippen molar-refractivity contribution in [1.82, 2.24) is 5.32 Å². The molecule has 0 atom stereocenters. The fraction of sp³-hybridized carbons (Fsp3) is 0.188. The average molecular weight is 336 g/mol. The lowest BCUT2D eigenvalue weighted by atomic mass is 10.1. The summed E-state index contributed by atoms with van der Waals surface area (Å²) in [5.74, 6) is -0.672. The van der Waals surface area contributed by atoms with Gasteiger partial charge in [0.2, 0.25) is 10.0 Å². The molecule has 0 aliphatic rings. The molecule has 23 heavy (non-hydrogen) atoms. The lowest BCUT2D eigenvalue weighted by Gasteiger charge is -2.17. The Hall–Kier alpha value is -2.41. The van der Waals surface area contributed by atoms with Gasteiger partial charge in [-0.05, 0) is 35.9 Å². The van der Waals surface area contributed by atoms with E-state index in [2.05, 4.69) is 5.32 Å². The second-order valence-electron chi connectivity index (χ2n) is 5.09. The van der Waals surface area contributed by atoms with Crippen LogP contribution in [0, 0.1) is 5.82 Å². The van der Waals surface area contributed by atoms with E-state index in [-0.39, 0.29) is 18.3 Å². The monoisotopic (exact) mass is 336 g/mol.